The summed E-state index contributed by atoms with van der Waals surface area (Å²) in [6, 6.07) is 8.75. The standard InChI is InChI=1S/C19H29N3O2/c1-22(17-8-3-2-4-9-17)13-15-7-5-6-10-18(15)21-19(23)20-16-11-12-24-14-16/h5-7,10,16-17H,2-4,8-9,11-14H2,1H3,(H2,20,21,23). The molecule has 1 aromatic rings. The lowest BCUT2D eigenvalue weighted by molar-refractivity contribution is 0.185. The van der Waals surface area contributed by atoms with Crippen molar-refractivity contribution < 1.29 is 9.53 Å². The molecule has 132 valence electrons. The topological polar surface area (TPSA) is 53.6 Å². The fourth-order valence-electron chi connectivity index (χ4n) is 3.69. The van der Waals surface area contributed by atoms with Crippen LogP contribution in [0, 0.1) is 0 Å². The van der Waals surface area contributed by atoms with E-state index in [4.69, 9.17) is 4.74 Å². The SMILES string of the molecule is CN(Cc1ccccc1NC(=O)NC1CCOC1)C1CCCCC1. The summed E-state index contributed by atoms with van der Waals surface area (Å²) in [6.45, 7) is 2.21. The summed E-state index contributed by atoms with van der Waals surface area (Å²) in [4.78, 5) is 14.6. The summed E-state index contributed by atoms with van der Waals surface area (Å²) in [5.41, 5.74) is 2.07. The van der Waals surface area contributed by atoms with E-state index in [9.17, 15) is 4.79 Å². The molecule has 5 nitrogen and oxygen atoms in total. The molecule has 24 heavy (non-hydrogen) atoms. The Bertz CT molecular complexity index is 537. The molecule has 2 N–H and O–H groups in total. The Morgan fingerprint density at radius 2 is 2.00 bits per heavy atom. The van der Waals surface area contributed by atoms with E-state index in [1.165, 1.54) is 37.7 Å². The summed E-state index contributed by atoms with van der Waals surface area (Å²) in [7, 11) is 2.20. The third-order valence-electron chi connectivity index (χ3n) is 5.15. The maximum absolute atomic E-state index is 12.2. The molecule has 1 saturated heterocycles. The van der Waals surface area contributed by atoms with Crippen molar-refractivity contribution in [1.82, 2.24) is 10.2 Å². The lowest BCUT2D eigenvalue weighted by Crippen LogP contribution is -2.38. The molecule has 0 spiro atoms. The van der Waals surface area contributed by atoms with Crippen molar-refractivity contribution in [2.45, 2.75) is 57.2 Å². The van der Waals surface area contributed by atoms with Crippen molar-refractivity contribution in [3.8, 4) is 0 Å². The van der Waals surface area contributed by atoms with Crippen molar-refractivity contribution in [3.05, 3.63) is 29.8 Å². The second-order valence-corrected chi connectivity index (χ2v) is 7.02. The summed E-state index contributed by atoms with van der Waals surface area (Å²) >= 11 is 0. The van der Waals surface area contributed by atoms with Crippen LogP contribution in [0.1, 0.15) is 44.1 Å². The molecule has 0 radical (unpaired) electrons. The van der Waals surface area contributed by atoms with Gasteiger partial charge >= 0.3 is 6.03 Å². The molecular formula is C19H29N3O2. The van der Waals surface area contributed by atoms with Gasteiger partial charge in [0, 0.05) is 24.9 Å². The van der Waals surface area contributed by atoms with Gasteiger partial charge in [-0.2, -0.15) is 0 Å². The third kappa shape index (κ3) is 4.71. The Kier molecular flexibility index (Phi) is 6.10. The van der Waals surface area contributed by atoms with Crippen LogP contribution in [0.2, 0.25) is 0 Å². The first-order valence-electron chi connectivity index (χ1n) is 9.16. The van der Waals surface area contributed by atoms with E-state index in [1.54, 1.807) is 0 Å². The highest BCUT2D eigenvalue weighted by atomic mass is 16.5. The number of ether oxygens (including phenoxy) is 1. The minimum Gasteiger partial charge on any atom is -0.379 e. The van der Waals surface area contributed by atoms with E-state index in [0.717, 1.165) is 25.3 Å². The number of amides is 2. The zero-order chi connectivity index (χ0) is 16.8. The molecule has 2 aliphatic rings. The highest BCUT2D eigenvalue weighted by Crippen LogP contribution is 2.24. The number of nitrogens with zero attached hydrogens (tertiary/aromatic N) is 1. The Morgan fingerprint density at radius 3 is 2.75 bits per heavy atom. The van der Waals surface area contributed by atoms with E-state index >= 15 is 0 Å². The lowest BCUT2D eigenvalue weighted by Gasteiger charge is -2.31. The number of para-hydroxylation sites is 1. The van der Waals surface area contributed by atoms with Gasteiger partial charge in [-0.1, -0.05) is 37.5 Å². The summed E-state index contributed by atoms with van der Waals surface area (Å²) < 4.78 is 5.30. The first kappa shape index (κ1) is 17.2. The van der Waals surface area contributed by atoms with E-state index < -0.39 is 0 Å². The monoisotopic (exact) mass is 331 g/mol. The second kappa shape index (κ2) is 8.49. The van der Waals surface area contributed by atoms with Gasteiger partial charge in [-0.25, -0.2) is 4.79 Å². The molecular weight excluding hydrogens is 302 g/mol. The molecule has 5 heteroatoms. The van der Waals surface area contributed by atoms with Gasteiger partial charge in [0.1, 0.15) is 0 Å². The fourth-order valence-corrected chi connectivity index (χ4v) is 3.69. The van der Waals surface area contributed by atoms with Crippen LogP contribution >= 0.6 is 0 Å². The smallest absolute Gasteiger partial charge is 0.319 e. The number of anilines is 1. The molecule has 1 atom stereocenters. The molecule has 0 bridgehead atoms. The molecule has 3 rings (SSSR count). The Balaban J connectivity index is 1.58. The highest BCUT2D eigenvalue weighted by molar-refractivity contribution is 5.90. The van der Waals surface area contributed by atoms with Crippen LogP contribution in [0.15, 0.2) is 24.3 Å². The zero-order valence-electron chi connectivity index (χ0n) is 14.6. The Labute approximate surface area is 144 Å². The van der Waals surface area contributed by atoms with Crippen LogP contribution in [0.4, 0.5) is 10.5 Å². The number of rotatable bonds is 5. The summed E-state index contributed by atoms with van der Waals surface area (Å²) in [5.74, 6) is 0. The molecule has 1 saturated carbocycles. The van der Waals surface area contributed by atoms with Gasteiger partial charge in [-0.05, 0) is 37.9 Å². The minimum atomic E-state index is -0.140. The van der Waals surface area contributed by atoms with Crippen LogP contribution < -0.4 is 10.6 Å². The van der Waals surface area contributed by atoms with Crippen molar-refractivity contribution in [1.29, 1.82) is 0 Å². The maximum Gasteiger partial charge on any atom is 0.319 e. The van der Waals surface area contributed by atoms with E-state index in [2.05, 4.69) is 28.6 Å². The molecule has 2 fully saturated rings. The van der Waals surface area contributed by atoms with Crippen molar-refractivity contribution in [2.24, 2.45) is 0 Å². The van der Waals surface area contributed by atoms with Gasteiger partial charge in [0.15, 0.2) is 0 Å². The number of carbonyl (C=O) groups excluding carboxylic acids is 1. The number of hydrogen-bond acceptors (Lipinski definition) is 3. The van der Waals surface area contributed by atoms with Gasteiger partial charge in [-0.3, -0.25) is 4.90 Å². The van der Waals surface area contributed by atoms with E-state index in [-0.39, 0.29) is 12.1 Å². The first-order valence-corrected chi connectivity index (χ1v) is 9.16. The normalized spacial score (nSPS) is 21.8. The molecule has 0 aromatic heterocycles. The summed E-state index contributed by atoms with van der Waals surface area (Å²) in [5, 5.41) is 6.00. The average Bonchev–Trinajstić information content (AvgIpc) is 3.10. The van der Waals surface area contributed by atoms with Gasteiger partial charge < -0.3 is 15.4 Å². The number of carbonyl (C=O) groups is 1. The lowest BCUT2D eigenvalue weighted by atomic mass is 9.94. The van der Waals surface area contributed by atoms with E-state index in [1.807, 2.05) is 18.2 Å². The minimum absolute atomic E-state index is 0.127. The second-order valence-electron chi connectivity index (χ2n) is 7.02. The number of benzene rings is 1. The van der Waals surface area contributed by atoms with Crippen molar-refractivity contribution >= 4 is 11.7 Å². The van der Waals surface area contributed by atoms with E-state index in [0.29, 0.717) is 12.6 Å². The predicted molar refractivity (Wildman–Crippen MR) is 96.2 cm³/mol. The van der Waals surface area contributed by atoms with Gasteiger partial charge in [0.05, 0.1) is 12.6 Å². The fraction of sp³-hybridized carbons (Fsp3) is 0.632. The predicted octanol–water partition coefficient (Wildman–Crippen LogP) is 3.36. The first-order chi connectivity index (χ1) is 11.7. The quantitative estimate of drug-likeness (QED) is 0.870. The number of nitrogens with one attached hydrogen (secondary N) is 2. The average molecular weight is 331 g/mol. The zero-order valence-corrected chi connectivity index (χ0v) is 14.6. The van der Waals surface area contributed by atoms with Gasteiger partial charge in [0.25, 0.3) is 0 Å². The van der Waals surface area contributed by atoms with Crippen LogP contribution in [-0.4, -0.2) is 43.3 Å². The van der Waals surface area contributed by atoms with Crippen LogP contribution in [0.25, 0.3) is 0 Å². The van der Waals surface area contributed by atoms with Crippen LogP contribution in [0.5, 0.6) is 0 Å². The molecule has 1 aliphatic heterocycles. The molecule has 1 heterocycles. The summed E-state index contributed by atoms with van der Waals surface area (Å²) in [6.07, 6.45) is 7.50. The number of hydrogen-bond donors (Lipinski definition) is 2. The van der Waals surface area contributed by atoms with Crippen LogP contribution in [0.3, 0.4) is 0 Å². The largest absolute Gasteiger partial charge is 0.379 e. The Hall–Kier alpha value is -1.59. The third-order valence-corrected chi connectivity index (χ3v) is 5.15. The molecule has 1 aliphatic carbocycles. The molecule has 1 aromatic carbocycles. The Morgan fingerprint density at radius 1 is 1.21 bits per heavy atom. The molecule has 1 unspecified atom stereocenters. The van der Waals surface area contributed by atoms with Crippen LogP contribution in [-0.2, 0) is 11.3 Å². The maximum atomic E-state index is 12.2. The molecule has 2 amide bonds. The van der Waals surface area contributed by atoms with Gasteiger partial charge in [-0.15, -0.1) is 0 Å². The van der Waals surface area contributed by atoms with Crippen molar-refractivity contribution in [3.63, 3.8) is 0 Å². The number of urea groups is 1. The van der Waals surface area contributed by atoms with Crippen molar-refractivity contribution in [2.75, 3.05) is 25.6 Å². The highest BCUT2D eigenvalue weighted by Gasteiger charge is 2.20. The van der Waals surface area contributed by atoms with Gasteiger partial charge in [0.2, 0.25) is 0 Å².